The quantitative estimate of drug-likeness (QED) is 0.553. The van der Waals surface area contributed by atoms with E-state index in [-0.39, 0.29) is 0 Å². The Morgan fingerprint density at radius 1 is 1.25 bits per heavy atom. The van der Waals surface area contributed by atoms with Crippen molar-refractivity contribution in [2.75, 3.05) is 14.1 Å². The Morgan fingerprint density at radius 3 is 1.58 bits per heavy atom. The maximum Gasteiger partial charge on any atom is 0.300 e. The van der Waals surface area contributed by atoms with Crippen LogP contribution in [-0.2, 0) is 4.79 Å². The van der Waals surface area contributed by atoms with Gasteiger partial charge in [-0.15, -0.1) is 0 Å². The molecule has 0 saturated heterocycles. The van der Waals surface area contributed by atoms with Gasteiger partial charge in [0.2, 0.25) is 0 Å². The van der Waals surface area contributed by atoms with Crippen LogP contribution in [0, 0.1) is 0 Å². The van der Waals surface area contributed by atoms with E-state index in [1.165, 1.54) is 12.8 Å². The van der Waals surface area contributed by atoms with Crippen molar-refractivity contribution in [3.05, 3.63) is 0 Å². The zero-order valence-corrected chi connectivity index (χ0v) is 7.92. The molecule has 4 nitrogen and oxygen atoms in total. The van der Waals surface area contributed by atoms with Gasteiger partial charge in [-0.05, 0) is 26.9 Å². The molecule has 2 atom stereocenters. The molecule has 2 unspecified atom stereocenters. The van der Waals surface area contributed by atoms with Crippen molar-refractivity contribution in [1.82, 2.24) is 10.6 Å². The molecule has 0 spiro atoms. The number of rotatable bonds is 2. The van der Waals surface area contributed by atoms with Crippen LogP contribution in [0.1, 0.15) is 19.8 Å². The molecule has 0 aromatic carbocycles. The highest BCUT2D eigenvalue weighted by atomic mass is 16.4. The molecule has 1 aliphatic rings. The molecule has 0 radical (unpaired) electrons. The molecule has 0 amide bonds. The van der Waals surface area contributed by atoms with Crippen LogP contribution in [0.5, 0.6) is 0 Å². The molecule has 4 heteroatoms. The molecule has 1 saturated carbocycles. The lowest BCUT2D eigenvalue weighted by atomic mass is 9.87. The van der Waals surface area contributed by atoms with Crippen molar-refractivity contribution < 1.29 is 9.90 Å². The van der Waals surface area contributed by atoms with Gasteiger partial charge in [-0.3, -0.25) is 4.79 Å². The number of likely N-dealkylation sites (N-methyl/N-ethyl adjacent to an activating group) is 2. The van der Waals surface area contributed by atoms with E-state index in [2.05, 4.69) is 10.6 Å². The monoisotopic (exact) mass is 174 g/mol. The molecular weight excluding hydrogens is 156 g/mol. The molecular formula is C8H18N2O2. The lowest BCUT2D eigenvalue weighted by Crippen LogP contribution is -2.52. The fourth-order valence-corrected chi connectivity index (χ4v) is 1.19. The van der Waals surface area contributed by atoms with E-state index in [0.29, 0.717) is 0 Å². The van der Waals surface area contributed by atoms with Gasteiger partial charge < -0.3 is 15.7 Å². The van der Waals surface area contributed by atoms with E-state index in [9.17, 15) is 0 Å². The van der Waals surface area contributed by atoms with Gasteiger partial charge in [-0.25, -0.2) is 0 Å². The second-order valence-corrected chi connectivity index (χ2v) is 2.89. The van der Waals surface area contributed by atoms with Crippen LogP contribution in [0.3, 0.4) is 0 Å². The second-order valence-electron chi connectivity index (χ2n) is 2.89. The third-order valence-corrected chi connectivity index (χ3v) is 2.02. The smallest absolute Gasteiger partial charge is 0.300 e. The summed E-state index contributed by atoms with van der Waals surface area (Å²) in [6.45, 7) is 1.08. The number of hydrogen-bond donors (Lipinski definition) is 3. The summed E-state index contributed by atoms with van der Waals surface area (Å²) in [6.07, 6.45) is 2.67. The molecule has 72 valence electrons. The summed E-state index contributed by atoms with van der Waals surface area (Å²) in [6, 6.07) is 1.47. The maximum atomic E-state index is 9.00. The van der Waals surface area contributed by atoms with E-state index in [1.807, 2.05) is 14.1 Å². The summed E-state index contributed by atoms with van der Waals surface area (Å²) in [4.78, 5) is 9.00. The van der Waals surface area contributed by atoms with Crippen molar-refractivity contribution in [3.63, 3.8) is 0 Å². The molecule has 1 rings (SSSR count). The summed E-state index contributed by atoms with van der Waals surface area (Å²) in [5.74, 6) is -0.833. The normalized spacial score (nSPS) is 26.6. The lowest BCUT2D eigenvalue weighted by molar-refractivity contribution is -0.134. The van der Waals surface area contributed by atoms with Crippen molar-refractivity contribution >= 4 is 5.97 Å². The molecule has 3 N–H and O–H groups in total. The van der Waals surface area contributed by atoms with Crippen LogP contribution < -0.4 is 10.6 Å². The van der Waals surface area contributed by atoms with E-state index in [4.69, 9.17) is 9.90 Å². The van der Waals surface area contributed by atoms with Crippen LogP contribution in [0.2, 0.25) is 0 Å². The van der Waals surface area contributed by atoms with Gasteiger partial charge in [0.1, 0.15) is 0 Å². The van der Waals surface area contributed by atoms with Crippen molar-refractivity contribution in [2.45, 2.75) is 31.8 Å². The molecule has 0 aromatic rings. The minimum Gasteiger partial charge on any atom is -0.481 e. The highest BCUT2D eigenvalue weighted by Crippen LogP contribution is 2.18. The minimum absolute atomic E-state index is 0.736. The summed E-state index contributed by atoms with van der Waals surface area (Å²) in [7, 11) is 4.04. The first-order chi connectivity index (χ1) is 5.61. The topological polar surface area (TPSA) is 61.4 Å². The minimum atomic E-state index is -0.833. The van der Waals surface area contributed by atoms with Crippen molar-refractivity contribution in [3.8, 4) is 0 Å². The number of hydrogen-bond acceptors (Lipinski definition) is 3. The van der Waals surface area contributed by atoms with Gasteiger partial charge >= 0.3 is 0 Å². The number of aliphatic carboxylic acids is 1. The number of carbonyl (C=O) groups is 1. The maximum absolute atomic E-state index is 9.00. The van der Waals surface area contributed by atoms with Gasteiger partial charge in [0.05, 0.1) is 0 Å². The predicted molar refractivity (Wildman–Crippen MR) is 48.2 cm³/mol. The zero-order chi connectivity index (χ0) is 9.56. The van der Waals surface area contributed by atoms with E-state index in [1.54, 1.807) is 0 Å². The molecule has 1 aliphatic carbocycles. The summed E-state index contributed by atoms with van der Waals surface area (Å²) in [5, 5.41) is 13.9. The van der Waals surface area contributed by atoms with Crippen LogP contribution in [0.4, 0.5) is 0 Å². The standard InChI is InChI=1S/C6H14N2.C2H4O2/c1-7-5-3-4-6(5)8-2;1-2(3)4/h5-8H,3-4H2,1-2H3;1H3,(H,3,4). The lowest BCUT2D eigenvalue weighted by Gasteiger charge is -2.35. The van der Waals surface area contributed by atoms with Crippen LogP contribution >= 0.6 is 0 Å². The number of carboxylic acid groups (broad SMARTS) is 1. The van der Waals surface area contributed by atoms with Gasteiger partial charge in [-0.1, -0.05) is 0 Å². The van der Waals surface area contributed by atoms with Gasteiger partial charge in [0, 0.05) is 19.0 Å². The third kappa shape index (κ3) is 4.31. The second kappa shape index (κ2) is 5.97. The van der Waals surface area contributed by atoms with E-state index in [0.717, 1.165) is 19.0 Å². The highest BCUT2D eigenvalue weighted by Gasteiger charge is 2.26. The van der Waals surface area contributed by atoms with Crippen molar-refractivity contribution in [2.24, 2.45) is 0 Å². The van der Waals surface area contributed by atoms with Gasteiger partial charge in [-0.2, -0.15) is 0 Å². The Balaban J connectivity index is 0.000000261. The molecule has 0 aromatic heterocycles. The van der Waals surface area contributed by atoms with Gasteiger partial charge in [0.15, 0.2) is 0 Å². The molecule has 0 bridgehead atoms. The van der Waals surface area contributed by atoms with Crippen LogP contribution in [-0.4, -0.2) is 37.3 Å². The Hall–Kier alpha value is -0.610. The average molecular weight is 174 g/mol. The Labute approximate surface area is 73.3 Å². The van der Waals surface area contributed by atoms with Crippen molar-refractivity contribution in [1.29, 1.82) is 0 Å². The summed E-state index contributed by atoms with van der Waals surface area (Å²) >= 11 is 0. The zero-order valence-electron chi connectivity index (χ0n) is 7.92. The molecule has 1 fully saturated rings. The fraction of sp³-hybridized carbons (Fsp3) is 0.875. The number of carboxylic acids is 1. The largest absolute Gasteiger partial charge is 0.481 e. The first kappa shape index (κ1) is 11.4. The van der Waals surface area contributed by atoms with E-state index >= 15 is 0 Å². The fourth-order valence-electron chi connectivity index (χ4n) is 1.19. The van der Waals surface area contributed by atoms with Crippen LogP contribution in [0.25, 0.3) is 0 Å². The summed E-state index contributed by atoms with van der Waals surface area (Å²) < 4.78 is 0. The molecule has 0 aliphatic heterocycles. The van der Waals surface area contributed by atoms with Gasteiger partial charge in [0.25, 0.3) is 5.97 Å². The Morgan fingerprint density at radius 2 is 1.50 bits per heavy atom. The third-order valence-electron chi connectivity index (χ3n) is 2.02. The average Bonchev–Trinajstić information content (AvgIpc) is 1.85. The molecule has 0 heterocycles. The predicted octanol–water partition coefficient (Wildman–Crippen LogP) is 0.0471. The summed E-state index contributed by atoms with van der Waals surface area (Å²) in [5.41, 5.74) is 0. The SMILES string of the molecule is CC(=O)O.CNC1CCC1NC. The highest BCUT2D eigenvalue weighted by molar-refractivity contribution is 5.62. The Kier molecular flexibility index (Phi) is 5.66. The number of nitrogens with one attached hydrogen (secondary N) is 2. The Bertz CT molecular complexity index is 121. The van der Waals surface area contributed by atoms with E-state index < -0.39 is 5.97 Å². The molecule has 12 heavy (non-hydrogen) atoms. The first-order valence-electron chi connectivity index (χ1n) is 4.15. The first-order valence-corrected chi connectivity index (χ1v) is 4.15. The van der Waals surface area contributed by atoms with Crippen LogP contribution in [0.15, 0.2) is 0 Å².